The van der Waals surface area contributed by atoms with Crippen molar-refractivity contribution in [3.8, 4) is 0 Å². The van der Waals surface area contributed by atoms with E-state index in [0.717, 1.165) is 24.7 Å². The van der Waals surface area contributed by atoms with Crippen LogP contribution in [-0.4, -0.2) is 6.04 Å². The highest BCUT2D eigenvalue weighted by molar-refractivity contribution is 4.82. The van der Waals surface area contributed by atoms with Crippen LogP contribution in [0.3, 0.4) is 0 Å². The molecule has 1 atom stereocenters. The van der Waals surface area contributed by atoms with E-state index in [1.165, 1.54) is 44.9 Å². The van der Waals surface area contributed by atoms with E-state index in [-0.39, 0.29) is 0 Å². The Morgan fingerprint density at radius 2 is 2.06 bits per heavy atom. The Balaban J connectivity index is 2.26. The van der Waals surface area contributed by atoms with Crippen molar-refractivity contribution in [3.63, 3.8) is 0 Å². The third-order valence-corrected chi connectivity index (χ3v) is 4.32. The summed E-state index contributed by atoms with van der Waals surface area (Å²) in [5, 5.41) is 0. The molecule has 1 unspecified atom stereocenters. The van der Waals surface area contributed by atoms with Crippen LogP contribution in [0.25, 0.3) is 0 Å². The lowest BCUT2D eigenvalue weighted by molar-refractivity contribution is 0.207. The molecular formula is C15H30N2. The topological polar surface area (TPSA) is 38.0 Å². The van der Waals surface area contributed by atoms with E-state index in [2.05, 4.69) is 18.9 Å². The molecule has 3 N–H and O–H groups in total. The maximum absolute atomic E-state index is 5.67. The normalized spacial score (nSPS) is 26.7. The van der Waals surface area contributed by atoms with Crippen LogP contribution < -0.4 is 11.3 Å². The van der Waals surface area contributed by atoms with E-state index in [1.807, 2.05) is 6.08 Å². The molecule has 0 spiro atoms. The number of unbranched alkanes of at least 4 members (excludes halogenated alkanes) is 1. The molecular weight excluding hydrogens is 208 g/mol. The monoisotopic (exact) mass is 238 g/mol. The number of hydrogen-bond donors (Lipinski definition) is 2. The molecule has 0 radical (unpaired) electrons. The lowest BCUT2D eigenvalue weighted by Gasteiger charge is -2.33. The Labute approximate surface area is 107 Å². The average Bonchev–Trinajstić information content (AvgIpc) is 2.38. The van der Waals surface area contributed by atoms with Crippen LogP contribution in [0, 0.1) is 11.8 Å². The molecule has 0 saturated heterocycles. The van der Waals surface area contributed by atoms with Gasteiger partial charge in [-0.3, -0.25) is 11.3 Å². The van der Waals surface area contributed by atoms with Crippen molar-refractivity contribution in [2.75, 3.05) is 0 Å². The van der Waals surface area contributed by atoms with Crippen LogP contribution in [0.1, 0.15) is 64.7 Å². The summed E-state index contributed by atoms with van der Waals surface area (Å²) >= 11 is 0. The molecule has 1 rings (SSSR count). The van der Waals surface area contributed by atoms with Crippen molar-refractivity contribution in [2.24, 2.45) is 17.7 Å². The van der Waals surface area contributed by atoms with Gasteiger partial charge in [0.05, 0.1) is 0 Å². The van der Waals surface area contributed by atoms with Crippen molar-refractivity contribution in [1.82, 2.24) is 5.43 Å². The molecule has 0 aliphatic heterocycles. The Morgan fingerprint density at radius 3 is 2.59 bits per heavy atom. The molecule has 0 heterocycles. The lowest BCUT2D eigenvalue weighted by atomic mass is 9.76. The average molecular weight is 238 g/mol. The minimum absolute atomic E-state index is 0.500. The predicted octanol–water partition coefficient (Wildman–Crippen LogP) is 3.78. The van der Waals surface area contributed by atoms with E-state index in [9.17, 15) is 0 Å². The molecule has 1 aliphatic carbocycles. The van der Waals surface area contributed by atoms with Gasteiger partial charge >= 0.3 is 0 Å². The molecule has 2 heteroatoms. The van der Waals surface area contributed by atoms with Gasteiger partial charge in [-0.1, -0.05) is 45.1 Å². The predicted molar refractivity (Wildman–Crippen MR) is 75.5 cm³/mol. The number of rotatable bonds is 8. The highest BCUT2D eigenvalue weighted by atomic mass is 15.2. The zero-order valence-corrected chi connectivity index (χ0v) is 11.5. The number of nitrogens with two attached hydrogens (primary N) is 1. The van der Waals surface area contributed by atoms with E-state index >= 15 is 0 Å². The van der Waals surface area contributed by atoms with Gasteiger partial charge in [-0.15, -0.1) is 6.58 Å². The van der Waals surface area contributed by atoms with Gasteiger partial charge in [-0.2, -0.15) is 0 Å². The Kier molecular flexibility index (Phi) is 7.54. The Hall–Kier alpha value is -0.340. The molecule has 0 aromatic rings. The summed E-state index contributed by atoms with van der Waals surface area (Å²) in [7, 11) is 0. The van der Waals surface area contributed by atoms with Crippen LogP contribution in [-0.2, 0) is 0 Å². The second-order valence-corrected chi connectivity index (χ2v) is 5.56. The van der Waals surface area contributed by atoms with Crippen molar-refractivity contribution < 1.29 is 0 Å². The molecule has 0 amide bonds. The smallest absolute Gasteiger partial charge is 0.0241 e. The van der Waals surface area contributed by atoms with Crippen LogP contribution in [0.5, 0.6) is 0 Å². The van der Waals surface area contributed by atoms with Gasteiger partial charge in [-0.05, 0) is 37.5 Å². The fraction of sp³-hybridized carbons (Fsp3) is 0.867. The summed E-state index contributed by atoms with van der Waals surface area (Å²) in [5.41, 5.74) is 3.02. The molecule has 100 valence electrons. The van der Waals surface area contributed by atoms with E-state index in [0.29, 0.717) is 6.04 Å². The number of hydrogen-bond acceptors (Lipinski definition) is 2. The van der Waals surface area contributed by atoms with Crippen LogP contribution in [0.4, 0.5) is 0 Å². The van der Waals surface area contributed by atoms with Crippen molar-refractivity contribution in [3.05, 3.63) is 12.7 Å². The molecule has 1 aliphatic rings. The Morgan fingerprint density at radius 1 is 1.35 bits per heavy atom. The molecule has 0 aromatic heterocycles. The summed E-state index contributed by atoms with van der Waals surface area (Å²) in [6.45, 7) is 6.08. The zero-order chi connectivity index (χ0) is 12.5. The summed E-state index contributed by atoms with van der Waals surface area (Å²) in [6.07, 6.45) is 14.0. The first-order valence-electron chi connectivity index (χ1n) is 7.38. The van der Waals surface area contributed by atoms with E-state index < -0.39 is 0 Å². The standard InChI is InChI=1S/C15H30N2/c1-3-5-7-13-9-11-14(12-10-13)15(17-16)8-6-4-2/h4,13-15,17H,2-3,5-12,16H2,1H3. The summed E-state index contributed by atoms with van der Waals surface area (Å²) in [6, 6.07) is 0.500. The fourth-order valence-electron chi connectivity index (χ4n) is 3.12. The highest BCUT2D eigenvalue weighted by Crippen LogP contribution is 2.34. The minimum Gasteiger partial charge on any atom is -0.271 e. The number of hydrazine groups is 1. The SMILES string of the molecule is C=CCCC(NN)C1CCC(CCCC)CC1. The maximum atomic E-state index is 5.67. The van der Waals surface area contributed by atoms with Crippen molar-refractivity contribution in [2.45, 2.75) is 70.8 Å². The third kappa shape index (κ3) is 5.22. The zero-order valence-electron chi connectivity index (χ0n) is 11.5. The van der Waals surface area contributed by atoms with Crippen LogP contribution in [0.15, 0.2) is 12.7 Å². The number of nitrogens with one attached hydrogen (secondary N) is 1. The molecule has 0 bridgehead atoms. The van der Waals surface area contributed by atoms with Gasteiger partial charge in [0.1, 0.15) is 0 Å². The Bertz CT molecular complexity index is 195. The molecule has 17 heavy (non-hydrogen) atoms. The quantitative estimate of drug-likeness (QED) is 0.384. The van der Waals surface area contributed by atoms with Crippen molar-refractivity contribution >= 4 is 0 Å². The molecule has 2 nitrogen and oxygen atoms in total. The van der Waals surface area contributed by atoms with Gasteiger partial charge in [0.25, 0.3) is 0 Å². The number of allylic oxidation sites excluding steroid dienone is 1. The third-order valence-electron chi connectivity index (χ3n) is 4.32. The highest BCUT2D eigenvalue weighted by Gasteiger charge is 2.26. The van der Waals surface area contributed by atoms with E-state index in [1.54, 1.807) is 0 Å². The first-order valence-corrected chi connectivity index (χ1v) is 7.38. The molecule has 0 aromatic carbocycles. The van der Waals surface area contributed by atoms with E-state index in [4.69, 9.17) is 5.84 Å². The minimum atomic E-state index is 0.500. The first kappa shape index (κ1) is 14.7. The van der Waals surface area contributed by atoms with Gasteiger partial charge in [0.2, 0.25) is 0 Å². The maximum Gasteiger partial charge on any atom is 0.0241 e. The fourth-order valence-corrected chi connectivity index (χ4v) is 3.12. The van der Waals surface area contributed by atoms with Crippen LogP contribution >= 0.6 is 0 Å². The largest absolute Gasteiger partial charge is 0.271 e. The summed E-state index contributed by atoms with van der Waals surface area (Å²) in [5.74, 6) is 7.45. The van der Waals surface area contributed by atoms with Crippen molar-refractivity contribution in [1.29, 1.82) is 0 Å². The van der Waals surface area contributed by atoms with Gasteiger partial charge in [-0.25, -0.2) is 0 Å². The van der Waals surface area contributed by atoms with Gasteiger partial charge in [0, 0.05) is 6.04 Å². The molecule has 1 fully saturated rings. The molecule has 1 saturated carbocycles. The van der Waals surface area contributed by atoms with Crippen LogP contribution in [0.2, 0.25) is 0 Å². The van der Waals surface area contributed by atoms with Gasteiger partial charge < -0.3 is 0 Å². The summed E-state index contributed by atoms with van der Waals surface area (Å²) < 4.78 is 0. The summed E-state index contributed by atoms with van der Waals surface area (Å²) in [4.78, 5) is 0. The first-order chi connectivity index (χ1) is 8.31. The lowest BCUT2D eigenvalue weighted by Crippen LogP contribution is -2.42. The second kappa shape index (κ2) is 8.71. The second-order valence-electron chi connectivity index (χ2n) is 5.56. The van der Waals surface area contributed by atoms with Gasteiger partial charge in [0.15, 0.2) is 0 Å².